The molecule has 0 fully saturated rings. The highest BCUT2D eigenvalue weighted by Crippen LogP contribution is 1.94. The summed E-state index contributed by atoms with van der Waals surface area (Å²) in [5.41, 5.74) is 11.0. The summed E-state index contributed by atoms with van der Waals surface area (Å²) in [6.45, 7) is 14.2. The Kier molecular flexibility index (Phi) is 24.2. The van der Waals surface area contributed by atoms with E-state index in [-0.39, 0.29) is 25.4 Å². The van der Waals surface area contributed by atoms with Crippen LogP contribution in [0.3, 0.4) is 0 Å². The molecule has 0 aliphatic rings. The minimum absolute atomic E-state index is 0. The SMILES string of the molecule is CC.CC.CC(C)NCCNC(=O)C(N)CCC(=O)NCCN.[HH].[HH].[HH].[HH].[HH]. The van der Waals surface area contributed by atoms with Crippen molar-refractivity contribution >= 4 is 11.8 Å². The van der Waals surface area contributed by atoms with E-state index in [2.05, 4.69) is 16.0 Å². The summed E-state index contributed by atoms with van der Waals surface area (Å²) in [6, 6.07) is -0.264. The van der Waals surface area contributed by atoms with Crippen LogP contribution in [-0.4, -0.2) is 50.1 Å². The summed E-state index contributed by atoms with van der Waals surface area (Å²) in [5, 5.41) is 8.54. The molecule has 0 aromatic heterocycles. The Morgan fingerprint density at radius 2 is 1.57 bits per heavy atom. The van der Waals surface area contributed by atoms with Gasteiger partial charge in [-0.25, -0.2) is 0 Å². The molecule has 1 atom stereocenters. The minimum Gasteiger partial charge on any atom is -0.355 e. The molecule has 0 saturated carbocycles. The van der Waals surface area contributed by atoms with Gasteiger partial charge in [-0.2, -0.15) is 0 Å². The van der Waals surface area contributed by atoms with E-state index in [4.69, 9.17) is 11.5 Å². The van der Waals surface area contributed by atoms with Gasteiger partial charge in [0, 0.05) is 45.8 Å². The number of nitrogens with one attached hydrogen (secondary N) is 3. The summed E-state index contributed by atoms with van der Waals surface area (Å²) in [7, 11) is 0. The molecule has 0 aromatic rings. The van der Waals surface area contributed by atoms with Crippen LogP contribution < -0.4 is 27.4 Å². The second-order valence-corrected chi connectivity index (χ2v) is 4.68. The molecule has 7 N–H and O–H groups in total. The van der Waals surface area contributed by atoms with Gasteiger partial charge >= 0.3 is 0 Å². The molecule has 0 rings (SSSR count). The second kappa shape index (κ2) is 20.8. The van der Waals surface area contributed by atoms with Crippen LogP contribution in [0.5, 0.6) is 0 Å². The topological polar surface area (TPSA) is 122 Å². The van der Waals surface area contributed by atoms with Crippen molar-refractivity contribution in [2.75, 3.05) is 26.2 Å². The highest BCUT2D eigenvalue weighted by Gasteiger charge is 2.14. The highest BCUT2D eigenvalue weighted by atomic mass is 16.2. The molecule has 0 spiro atoms. The monoisotopic (exact) mass is 343 g/mol. The van der Waals surface area contributed by atoms with Gasteiger partial charge in [-0.3, -0.25) is 9.59 Å². The standard InChI is InChI=1S/C12H27N5O2.2C2H6.5H2/c1-9(2)15-7-8-17-12(19)10(14)3-4-11(18)16-6-5-13;2*1-2;;;;;/h9-10,15H,3-8,13-14H2,1-2H3,(H,16,18)(H,17,19);2*1-2H3;5*1H. The zero-order valence-corrected chi connectivity index (χ0v) is 15.9. The lowest BCUT2D eigenvalue weighted by molar-refractivity contribution is -0.123. The maximum Gasteiger partial charge on any atom is 0.236 e. The highest BCUT2D eigenvalue weighted by molar-refractivity contribution is 5.82. The molecule has 0 aliphatic heterocycles. The molecule has 1 unspecified atom stereocenters. The van der Waals surface area contributed by atoms with Gasteiger partial charge in [0.1, 0.15) is 0 Å². The van der Waals surface area contributed by atoms with Crippen molar-refractivity contribution < 1.29 is 16.7 Å². The second-order valence-electron chi connectivity index (χ2n) is 4.68. The minimum atomic E-state index is -0.650. The Bertz CT molecular complexity index is 292. The van der Waals surface area contributed by atoms with E-state index in [9.17, 15) is 9.59 Å². The van der Waals surface area contributed by atoms with Crippen molar-refractivity contribution in [2.45, 2.75) is 66.5 Å². The first-order valence-corrected chi connectivity index (χ1v) is 8.70. The largest absolute Gasteiger partial charge is 0.355 e. The maximum absolute atomic E-state index is 11.6. The van der Waals surface area contributed by atoms with Crippen molar-refractivity contribution in [3.05, 3.63) is 0 Å². The molecule has 0 radical (unpaired) electrons. The fourth-order valence-corrected chi connectivity index (χ4v) is 1.40. The van der Waals surface area contributed by atoms with E-state index >= 15 is 0 Å². The van der Waals surface area contributed by atoms with Crippen molar-refractivity contribution in [3.63, 3.8) is 0 Å². The number of carbonyl (C=O) groups is 2. The Labute approximate surface area is 149 Å². The van der Waals surface area contributed by atoms with E-state index in [0.717, 1.165) is 0 Å². The molecular formula is C16H49N5O2. The number of carbonyl (C=O) groups excluding carboxylic acids is 2. The van der Waals surface area contributed by atoms with Crippen molar-refractivity contribution in [2.24, 2.45) is 11.5 Å². The van der Waals surface area contributed by atoms with E-state index in [1.165, 1.54) is 0 Å². The van der Waals surface area contributed by atoms with E-state index in [1.807, 2.05) is 41.5 Å². The smallest absolute Gasteiger partial charge is 0.236 e. The van der Waals surface area contributed by atoms with Gasteiger partial charge in [-0.15, -0.1) is 0 Å². The fraction of sp³-hybridized carbons (Fsp3) is 0.875. The van der Waals surface area contributed by atoms with Crippen LogP contribution in [0.2, 0.25) is 0 Å². The van der Waals surface area contributed by atoms with Crippen LogP contribution in [0.25, 0.3) is 0 Å². The molecule has 150 valence electrons. The molecular weight excluding hydrogens is 294 g/mol. The fourth-order valence-electron chi connectivity index (χ4n) is 1.40. The number of nitrogens with two attached hydrogens (primary N) is 2. The zero-order chi connectivity index (χ0) is 18.7. The van der Waals surface area contributed by atoms with E-state index in [0.29, 0.717) is 38.6 Å². The number of rotatable bonds is 10. The Morgan fingerprint density at radius 3 is 2.04 bits per heavy atom. The van der Waals surface area contributed by atoms with Gasteiger partial charge < -0.3 is 27.4 Å². The van der Waals surface area contributed by atoms with Crippen LogP contribution in [0.15, 0.2) is 0 Å². The lowest BCUT2D eigenvalue weighted by Gasteiger charge is -2.13. The predicted molar refractivity (Wildman–Crippen MR) is 109 cm³/mol. The van der Waals surface area contributed by atoms with Crippen LogP contribution in [0.4, 0.5) is 0 Å². The molecule has 7 heteroatoms. The molecule has 2 amide bonds. The number of hydrogen-bond acceptors (Lipinski definition) is 5. The Hall–Kier alpha value is -1.18. The lowest BCUT2D eigenvalue weighted by Crippen LogP contribution is -2.44. The molecule has 0 aliphatic carbocycles. The van der Waals surface area contributed by atoms with Crippen LogP contribution >= 0.6 is 0 Å². The molecule has 0 bridgehead atoms. The van der Waals surface area contributed by atoms with Gasteiger partial charge in [0.05, 0.1) is 6.04 Å². The third kappa shape index (κ3) is 20.8. The van der Waals surface area contributed by atoms with Crippen molar-refractivity contribution in [3.8, 4) is 0 Å². The quantitative estimate of drug-likeness (QED) is 0.385. The van der Waals surface area contributed by atoms with Crippen LogP contribution in [-0.2, 0) is 9.59 Å². The van der Waals surface area contributed by atoms with E-state index < -0.39 is 6.04 Å². The molecule has 0 heterocycles. The van der Waals surface area contributed by atoms with E-state index in [1.54, 1.807) is 0 Å². The number of amides is 2. The first-order chi connectivity index (χ1) is 11.0. The molecule has 0 saturated heterocycles. The normalized spacial score (nSPS) is 10.7. The first kappa shape index (κ1) is 26.7. The van der Waals surface area contributed by atoms with Crippen molar-refractivity contribution in [1.82, 2.24) is 16.0 Å². The first-order valence-electron chi connectivity index (χ1n) is 8.70. The summed E-state index contributed by atoms with van der Waals surface area (Å²) in [5.74, 6) is -0.354. The van der Waals surface area contributed by atoms with Gasteiger partial charge in [0.2, 0.25) is 11.8 Å². The van der Waals surface area contributed by atoms with Gasteiger partial charge in [0.15, 0.2) is 0 Å². The molecule has 7 nitrogen and oxygen atoms in total. The van der Waals surface area contributed by atoms with Crippen LogP contribution in [0, 0.1) is 0 Å². The maximum atomic E-state index is 11.6. The molecule has 23 heavy (non-hydrogen) atoms. The summed E-state index contributed by atoms with van der Waals surface area (Å²) in [4.78, 5) is 22.9. The average Bonchev–Trinajstić information content (AvgIpc) is 2.57. The Morgan fingerprint density at radius 1 is 1.00 bits per heavy atom. The summed E-state index contributed by atoms with van der Waals surface area (Å²) in [6.07, 6.45) is 0.568. The average molecular weight is 344 g/mol. The summed E-state index contributed by atoms with van der Waals surface area (Å²) >= 11 is 0. The van der Waals surface area contributed by atoms with Gasteiger partial charge in [-0.1, -0.05) is 41.5 Å². The molecule has 0 aromatic carbocycles. The summed E-state index contributed by atoms with van der Waals surface area (Å²) < 4.78 is 0. The van der Waals surface area contributed by atoms with Gasteiger partial charge in [0.25, 0.3) is 0 Å². The Balaban J connectivity index is -0.0000000692. The van der Waals surface area contributed by atoms with Crippen molar-refractivity contribution in [1.29, 1.82) is 0 Å². The lowest BCUT2D eigenvalue weighted by atomic mass is 10.1. The van der Waals surface area contributed by atoms with Gasteiger partial charge in [-0.05, 0) is 6.42 Å². The third-order valence-electron chi connectivity index (χ3n) is 2.46. The zero-order valence-electron chi connectivity index (χ0n) is 15.9. The predicted octanol–water partition coefficient (Wildman–Crippen LogP) is 1.57. The van der Waals surface area contributed by atoms with Crippen LogP contribution in [0.1, 0.15) is 61.5 Å². The number of hydrogen-bond donors (Lipinski definition) is 5. The third-order valence-corrected chi connectivity index (χ3v) is 2.46.